The van der Waals surface area contributed by atoms with Crippen LogP contribution in [0.2, 0.25) is 0 Å². The van der Waals surface area contributed by atoms with E-state index in [0.717, 1.165) is 34.4 Å². The fourth-order valence-corrected chi connectivity index (χ4v) is 3.27. The van der Waals surface area contributed by atoms with Crippen molar-refractivity contribution in [2.75, 3.05) is 12.4 Å². The number of halogens is 1. The second kappa shape index (κ2) is 5.90. The first-order valence-electron chi connectivity index (χ1n) is 7.21. The summed E-state index contributed by atoms with van der Waals surface area (Å²) in [5.41, 5.74) is 2.37. The summed E-state index contributed by atoms with van der Waals surface area (Å²) in [4.78, 5) is 0. The molecular formula is C16H17BrN4. The fraction of sp³-hybridized carbons (Fsp3) is 0.375. The van der Waals surface area contributed by atoms with Gasteiger partial charge in [0.05, 0.1) is 6.04 Å². The second-order valence-electron chi connectivity index (χ2n) is 5.32. The zero-order chi connectivity index (χ0) is 14.8. The molecule has 0 spiro atoms. The molecule has 1 aliphatic rings. The molecule has 0 unspecified atom stereocenters. The maximum Gasteiger partial charge on any atom is 0.143 e. The number of nitrogens with zero attached hydrogens (tertiary/aromatic N) is 3. The molecule has 1 aromatic carbocycles. The van der Waals surface area contributed by atoms with Gasteiger partial charge < -0.3 is 5.32 Å². The van der Waals surface area contributed by atoms with E-state index in [9.17, 15) is 5.26 Å². The molecule has 21 heavy (non-hydrogen) atoms. The van der Waals surface area contributed by atoms with Crippen molar-refractivity contribution in [1.29, 1.82) is 5.26 Å². The summed E-state index contributed by atoms with van der Waals surface area (Å²) >= 11 is 3.44. The first-order valence-corrected chi connectivity index (χ1v) is 8.00. The summed E-state index contributed by atoms with van der Waals surface area (Å²) in [7, 11) is 1.86. The molecule has 0 aliphatic heterocycles. The van der Waals surface area contributed by atoms with Crippen LogP contribution in [0.4, 0.5) is 5.82 Å². The lowest BCUT2D eigenvalue weighted by molar-refractivity contribution is 0.473. The molecule has 0 saturated heterocycles. The SMILES string of the molecule is CNc1c(C#N)c(-c2ccc(Br)cc2)nn1C1CCCC1. The Morgan fingerprint density at radius 3 is 2.52 bits per heavy atom. The summed E-state index contributed by atoms with van der Waals surface area (Å²) in [6, 6.07) is 10.7. The Balaban J connectivity index is 2.12. The Kier molecular flexibility index (Phi) is 3.98. The van der Waals surface area contributed by atoms with Crippen molar-refractivity contribution in [1.82, 2.24) is 9.78 Å². The number of hydrogen-bond acceptors (Lipinski definition) is 3. The Labute approximate surface area is 132 Å². The van der Waals surface area contributed by atoms with Gasteiger partial charge in [-0.1, -0.05) is 40.9 Å². The number of nitrogens with one attached hydrogen (secondary N) is 1. The Morgan fingerprint density at radius 2 is 1.95 bits per heavy atom. The highest BCUT2D eigenvalue weighted by molar-refractivity contribution is 9.10. The van der Waals surface area contributed by atoms with Crippen molar-refractivity contribution >= 4 is 21.7 Å². The molecule has 108 valence electrons. The highest BCUT2D eigenvalue weighted by Gasteiger charge is 2.25. The Hall–Kier alpha value is -1.80. The minimum Gasteiger partial charge on any atom is -0.372 e. The molecule has 1 heterocycles. The van der Waals surface area contributed by atoms with Gasteiger partial charge in [0.2, 0.25) is 0 Å². The number of benzene rings is 1. The number of hydrogen-bond donors (Lipinski definition) is 1. The summed E-state index contributed by atoms with van der Waals surface area (Å²) in [6.07, 6.45) is 4.76. The van der Waals surface area contributed by atoms with Crippen molar-refractivity contribution in [3.63, 3.8) is 0 Å². The van der Waals surface area contributed by atoms with E-state index in [1.54, 1.807) is 0 Å². The predicted octanol–water partition coefficient (Wildman–Crippen LogP) is 4.34. The van der Waals surface area contributed by atoms with Crippen LogP contribution in [-0.4, -0.2) is 16.8 Å². The lowest BCUT2D eigenvalue weighted by Crippen LogP contribution is -2.10. The van der Waals surface area contributed by atoms with Crippen LogP contribution in [0.25, 0.3) is 11.3 Å². The molecule has 0 atom stereocenters. The minimum absolute atomic E-state index is 0.406. The fourth-order valence-electron chi connectivity index (χ4n) is 3.00. The maximum absolute atomic E-state index is 9.55. The third kappa shape index (κ3) is 2.56. The first kappa shape index (κ1) is 14.2. The van der Waals surface area contributed by atoms with Crippen LogP contribution in [0.15, 0.2) is 28.7 Å². The van der Waals surface area contributed by atoms with Crippen molar-refractivity contribution < 1.29 is 0 Å². The van der Waals surface area contributed by atoms with Crippen molar-refractivity contribution in [2.24, 2.45) is 0 Å². The van der Waals surface area contributed by atoms with Gasteiger partial charge in [0.15, 0.2) is 0 Å². The molecule has 1 aliphatic carbocycles. The smallest absolute Gasteiger partial charge is 0.143 e. The van der Waals surface area contributed by atoms with Gasteiger partial charge in [0.25, 0.3) is 0 Å². The van der Waals surface area contributed by atoms with Crippen LogP contribution >= 0.6 is 15.9 Å². The lowest BCUT2D eigenvalue weighted by Gasteiger charge is -2.13. The third-order valence-electron chi connectivity index (χ3n) is 4.05. The largest absolute Gasteiger partial charge is 0.372 e. The van der Waals surface area contributed by atoms with Gasteiger partial charge in [0, 0.05) is 17.1 Å². The number of rotatable bonds is 3. The topological polar surface area (TPSA) is 53.6 Å². The number of anilines is 1. The maximum atomic E-state index is 9.55. The quantitative estimate of drug-likeness (QED) is 0.900. The van der Waals surface area contributed by atoms with Gasteiger partial charge in [-0.05, 0) is 25.0 Å². The number of aromatic nitrogens is 2. The van der Waals surface area contributed by atoms with E-state index in [-0.39, 0.29) is 0 Å². The van der Waals surface area contributed by atoms with E-state index in [4.69, 9.17) is 5.10 Å². The van der Waals surface area contributed by atoms with E-state index in [2.05, 4.69) is 27.3 Å². The van der Waals surface area contributed by atoms with Crippen molar-refractivity contribution in [2.45, 2.75) is 31.7 Å². The zero-order valence-electron chi connectivity index (χ0n) is 11.9. The highest BCUT2D eigenvalue weighted by atomic mass is 79.9. The minimum atomic E-state index is 0.406. The van der Waals surface area contributed by atoms with Gasteiger partial charge >= 0.3 is 0 Å². The molecule has 5 heteroatoms. The van der Waals surface area contributed by atoms with Crippen molar-refractivity contribution in [3.8, 4) is 17.3 Å². The normalized spacial score (nSPS) is 15.1. The Bertz CT molecular complexity index is 676. The molecule has 1 N–H and O–H groups in total. The second-order valence-corrected chi connectivity index (χ2v) is 6.24. The standard InChI is InChI=1S/C16H17BrN4/c1-19-16-14(10-18)15(11-6-8-12(17)9-7-11)20-21(16)13-4-2-3-5-13/h6-9,13,19H,2-5H2,1H3. The van der Waals surface area contributed by atoms with Gasteiger partial charge in [0.1, 0.15) is 23.1 Å². The van der Waals surface area contributed by atoms with Gasteiger partial charge in [-0.25, -0.2) is 4.68 Å². The van der Waals surface area contributed by atoms with Crippen LogP contribution < -0.4 is 5.32 Å². The lowest BCUT2D eigenvalue weighted by atomic mass is 10.1. The average Bonchev–Trinajstić information content (AvgIpc) is 3.14. The van der Waals surface area contributed by atoms with E-state index < -0.39 is 0 Å². The van der Waals surface area contributed by atoms with E-state index >= 15 is 0 Å². The van der Waals surface area contributed by atoms with Gasteiger partial charge in [-0.15, -0.1) is 0 Å². The van der Waals surface area contributed by atoms with Crippen LogP contribution in [0.3, 0.4) is 0 Å². The molecule has 3 rings (SSSR count). The molecule has 0 radical (unpaired) electrons. The van der Waals surface area contributed by atoms with E-state index in [1.165, 1.54) is 12.8 Å². The zero-order valence-corrected chi connectivity index (χ0v) is 13.5. The van der Waals surface area contributed by atoms with Gasteiger partial charge in [-0.2, -0.15) is 10.4 Å². The molecule has 4 nitrogen and oxygen atoms in total. The van der Waals surface area contributed by atoms with Gasteiger partial charge in [-0.3, -0.25) is 0 Å². The van der Waals surface area contributed by atoms with Crippen molar-refractivity contribution in [3.05, 3.63) is 34.3 Å². The average molecular weight is 345 g/mol. The van der Waals surface area contributed by atoms with E-state index in [1.807, 2.05) is 36.0 Å². The molecule has 0 amide bonds. The number of nitriles is 1. The molecule has 1 fully saturated rings. The first-order chi connectivity index (χ1) is 10.2. The van der Waals surface area contributed by atoms with E-state index in [0.29, 0.717) is 11.6 Å². The third-order valence-corrected chi connectivity index (χ3v) is 4.58. The summed E-state index contributed by atoms with van der Waals surface area (Å²) in [6.45, 7) is 0. The summed E-state index contributed by atoms with van der Waals surface area (Å²) in [5.74, 6) is 0.835. The molecular weight excluding hydrogens is 328 g/mol. The highest BCUT2D eigenvalue weighted by Crippen LogP contribution is 2.36. The summed E-state index contributed by atoms with van der Waals surface area (Å²) in [5, 5.41) is 17.5. The monoisotopic (exact) mass is 344 g/mol. The molecule has 1 aromatic heterocycles. The predicted molar refractivity (Wildman–Crippen MR) is 87.1 cm³/mol. The summed E-state index contributed by atoms with van der Waals surface area (Å²) < 4.78 is 3.04. The molecule has 1 saturated carbocycles. The van der Waals surface area contributed by atoms with Crippen LogP contribution in [-0.2, 0) is 0 Å². The molecule has 0 bridgehead atoms. The van der Waals surface area contributed by atoms with Crippen LogP contribution in [0.1, 0.15) is 37.3 Å². The van der Waals surface area contributed by atoms with Crippen LogP contribution in [0, 0.1) is 11.3 Å². The Morgan fingerprint density at radius 1 is 1.29 bits per heavy atom. The molecule has 2 aromatic rings. The van der Waals surface area contributed by atoms with Crippen LogP contribution in [0.5, 0.6) is 0 Å².